The molecule has 0 saturated carbocycles. The number of fused-ring (bicyclic) bond motifs is 2. The van der Waals surface area contributed by atoms with Gasteiger partial charge in [0.2, 0.25) is 6.10 Å². The highest BCUT2D eigenvalue weighted by Crippen LogP contribution is 2.44. The molecule has 2 atom stereocenters. The number of benzene rings is 4. The SMILES string of the molecule is CC1=Cc2cc(Br)cc(Br)c2O[C@H]1c1ccc(Br)cc1.O=[N+]([O-])C1=Cc2cc(Br)cc(Br)c2O[C@@H]1c1ccc(Br)cc1. The van der Waals surface area contributed by atoms with Crippen molar-refractivity contribution in [2.45, 2.75) is 19.1 Å². The minimum Gasteiger partial charge on any atom is -0.480 e. The van der Waals surface area contributed by atoms with Crippen LogP contribution in [-0.2, 0) is 0 Å². The Hall–Kier alpha value is -1.76. The van der Waals surface area contributed by atoms with Crippen LogP contribution in [0.4, 0.5) is 0 Å². The maximum absolute atomic E-state index is 11.4. The molecular formula is C31H19Br6NO4. The molecule has 0 unspecified atom stereocenters. The summed E-state index contributed by atoms with van der Waals surface area (Å²) in [6.45, 7) is 2.10. The standard InChI is InChI=1S/C16H11Br3O.C15H8Br3NO3/c1-9-6-11-7-13(18)8-14(19)16(11)20-15(9)10-2-4-12(17)5-3-10;16-10-3-1-8(2-4-10)15-13(19(20)21)6-9-5-11(17)7-12(18)14(9)22-15/h2-8,15H,1H3;1-7,15H/t2*15-/m11/s1. The summed E-state index contributed by atoms with van der Waals surface area (Å²) in [4.78, 5) is 11.0. The predicted octanol–water partition coefficient (Wildman–Crippen LogP) is 12.2. The Labute approximate surface area is 293 Å². The van der Waals surface area contributed by atoms with E-state index in [1.165, 1.54) is 5.57 Å². The lowest BCUT2D eigenvalue weighted by molar-refractivity contribution is -0.434. The van der Waals surface area contributed by atoms with Crippen LogP contribution in [0.15, 0.2) is 111 Å². The van der Waals surface area contributed by atoms with Gasteiger partial charge in [-0.2, -0.15) is 0 Å². The predicted molar refractivity (Wildman–Crippen MR) is 187 cm³/mol. The van der Waals surface area contributed by atoms with Crippen molar-refractivity contribution in [1.82, 2.24) is 0 Å². The van der Waals surface area contributed by atoms with Crippen LogP contribution in [0.5, 0.6) is 11.5 Å². The number of ether oxygens (including phenoxy) is 2. The van der Waals surface area contributed by atoms with Gasteiger partial charge < -0.3 is 9.47 Å². The second-order valence-electron chi connectivity index (χ2n) is 9.43. The zero-order chi connectivity index (χ0) is 30.1. The number of halogens is 6. The minimum atomic E-state index is -0.743. The fourth-order valence-corrected chi connectivity index (χ4v) is 7.79. The summed E-state index contributed by atoms with van der Waals surface area (Å²) < 4.78 is 17.7. The van der Waals surface area contributed by atoms with Crippen LogP contribution in [-0.4, -0.2) is 4.92 Å². The van der Waals surface area contributed by atoms with E-state index in [0.717, 1.165) is 49.3 Å². The van der Waals surface area contributed by atoms with Gasteiger partial charge in [-0.05, 0) is 105 Å². The molecule has 0 saturated heterocycles. The first kappa shape index (κ1) is 31.7. The number of nitro groups is 1. The van der Waals surface area contributed by atoms with Gasteiger partial charge in [-0.15, -0.1) is 0 Å². The van der Waals surface area contributed by atoms with Crippen LogP contribution in [0, 0.1) is 10.1 Å². The van der Waals surface area contributed by atoms with E-state index in [1.54, 1.807) is 12.1 Å². The topological polar surface area (TPSA) is 61.6 Å². The van der Waals surface area contributed by atoms with E-state index in [2.05, 4.69) is 127 Å². The fraction of sp³-hybridized carbons (Fsp3) is 0.0968. The Balaban J connectivity index is 0.000000169. The number of hydrogen-bond acceptors (Lipinski definition) is 4. The molecule has 6 rings (SSSR count). The van der Waals surface area contributed by atoms with Gasteiger partial charge in [0.25, 0.3) is 5.70 Å². The van der Waals surface area contributed by atoms with E-state index in [1.807, 2.05) is 48.5 Å². The van der Waals surface area contributed by atoms with Crippen LogP contribution in [0.25, 0.3) is 12.2 Å². The van der Waals surface area contributed by atoms with Gasteiger partial charge in [0.05, 0.1) is 13.9 Å². The van der Waals surface area contributed by atoms with Crippen molar-refractivity contribution in [2.24, 2.45) is 0 Å². The van der Waals surface area contributed by atoms with E-state index in [-0.39, 0.29) is 11.8 Å². The molecule has 0 aliphatic carbocycles. The third-order valence-corrected chi connectivity index (χ3v) is 9.62. The molecule has 0 bridgehead atoms. The van der Waals surface area contributed by atoms with Crippen LogP contribution in [0.1, 0.15) is 41.4 Å². The molecule has 42 heavy (non-hydrogen) atoms. The minimum absolute atomic E-state index is 0.0137. The quantitative estimate of drug-likeness (QED) is 0.152. The van der Waals surface area contributed by atoms with E-state index in [0.29, 0.717) is 11.3 Å². The number of nitrogens with zero attached hydrogens (tertiary/aromatic N) is 1. The van der Waals surface area contributed by atoms with Crippen molar-refractivity contribution in [3.05, 3.63) is 143 Å². The average molecular weight is 949 g/mol. The summed E-state index contributed by atoms with van der Waals surface area (Å²) in [5.74, 6) is 1.49. The second-order valence-corrected chi connectivity index (χ2v) is 14.8. The van der Waals surface area contributed by atoms with E-state index in [4.69, 9.17) is 9.47 Å². The van der Waals surface area contributed by atoms with E-state index < -0.39 is 11.0 Å². The van der Waals surface area contributed by atoms with Crippen LogP contribution in [0.2, 0.25) is 0 Å². The zero-order valence-electron chi connectivity index (χ0n) is 21.6. The first-order chi connectivity index (χ1) is 20.0. The molecule has 0 radical (unpaired) electrons. The lowest BCUT2D eigenvalue weighted by Gasteiger charge is -2.27. The largest absolute Gasteiger partial charge is 0.480 e. The van der Waals surface area contributed by atoms with Gasteiger partial charge in [-0.1, -0.05) is 88.0 Å². The van der Waals surface area contributed by atoms with Crippen molar-refractivity contribution in [2.75, 3.05) is 0 Å². The highest BCUT2D eigenvalue weighted by Gasteiger charge is 2.34. The maximum atomic E-state index is 11.4. The lowest BCUT2D eigenvalue weighted by atomic mass is 9.97. The van der Waals surface area contributed by atoms with Crippen LogP contribution < -0.4 is 9.47 Å². The second kappa shape index (κ2) is 13.5. The molecule has 2 heterocycles. The summed E-state index contributed by atoms with van der Waals surface area (Å²) in [5, 5.41) is 11.4. The third-order valence-electron chi connectivity index (χ3n) is 6.47. The molecular weight excluding hydrogens is 930 g/mol. The maximum Gasteiger partial charge on any atom is 0.291 e. The van der Waals surface area contributed by atoms with Gasteiger partial charge in [0.1, 0.15) is 17.6 Å². The van der Waals surface area contributed by atoms with Crippen LogP contribution in [0.3, 0.4) is 0 Å². The van der Waals surface area contributed by atoms with Gasteiger partial charge >= 0.3 is 0 Å². The van der Waals surface area contributed by atoms with E-state index >= 15 is 0 Å². The van der Waals surface area contributed by atoms with Crippen molar-refractivity contribution in [1.29, 1.82) is 0 Å². The molecule has 0 amide bonds. The summed E-state index contributed by atoms with van der Waals surface area (Å²) in [7, 11) is 0. The Morgan fingerprint density at radius 2 is 1.05 bits per heavy atom. The molecule has 0 N–H and O–H groups in total. The summed E-state index contributed by atoms with van der Waals surface area (Å²) in [6, 6.07) is 23.3. The number of rotatable bonds is 3. The van der Waals surface area contributed by atoms with Crippen molar-refractivity contribution in [3.63, 3.8) is 0 Å². The number of hydrogen-bond donors (Lipinski definition) is 0. The Morgan fingerprint density at radius 3 is 1.52 bits per heavy atom. The van der Waals surface area contributed by atoms with Crippen molar-refractivity contribution < 1.29 is 14.4 Å². The average Bonchev–Trinajstić information content (AvgIpc) is 2.93. The fourth-order valence-electron chi connectivity index (χ4n) is 4.56. The summed E-state index contributed by atoms with van der Waals surface area (Å²) in [6.07, 6.45) is 2.96. The van der Waals surface area contributed by atoms with Gasteiger partial charge in [-0.3, -0.25) is 10.1 Å². The highest BCUT2D eigenvalue weighted by atomic mass is 79.9. The Kier molecular flexibility index (Phi) is 10.2. The molecule has 4 aromatic rings. The van der Waals surface area contributed by atoms with Crippen molar-refractivity contribution in [3.8, 4) is 11.5 Å². The van der Waals surface area contributed by atoms with Crippen LogP contribution >= 0.6 is 95.6 Å². The monoisotopic (exact) mass is 943 g/mol. The first-order valence-electron chi connectivity index (χ1n) is 12.4. The lowest BCUT2D eigenvalue weighted by Crippen LogP contribution is -2.20. The molecule has 2 aliphatic rings. The van der Waals surface area contributed by atoms with Gasteiger partial charge in [0, 0.05) is 40.7 Å². The van der Waals surface area contributed by atoms with Gasteiger partial charge in [0.15, 0.2) is 0 Å². The Morgan fingerprint density at radius 1 is 0.619 bits per heavy atom. The molecule has 0 spiro atoms. The van der Waals surface area contributed by atoms with E-state index in [9.17, 15) is 10.1 Å². The van der Waals surface area contributed by atoms with Crippen molar-refractivity contribution >= 4 is 108 Å². The summed E-state index contributed by atoms with van der Waals surface area (Å²) >= 11 is 20.7. The first-order valence-corrected chi connectivity index (χ1v) is 17.1. The summed E-state index contributed by atoms with van der Waals surface area (Å²) in [5.41, 5.74) is 4.86. The molecule has 214 valence electrons. The molecule has 2 aliphatic heterocycles. The smallest absolute Gasteiger partial charge is 0.291 e. The molecule has 0 aromatic heterocycles. The normalized spacial score (nSPS) is 16.8. The highest BCUT2D eigenvalue weighted by molar-refractivity contribution is 9.11. The molecule has 0 fully saturated rings. The third kappa shape index (κ3) is 7.13. The Bertz CT molecular complexity index is 1740. The molecule has 5 nitrogen and oxygen atoms in total. The van der Waals surface area contributed by atoms with Gasteiger partial charge in [-0.25, -0.2) is 0 Å². The molecule has 4 aromatic carbocycles. The zero-order valence-corrected chi connectivity index (χ0v) is 31.1. The molecule has 11 heteroatoms.